The Bertz CT molecular complexity index is 824. The molecule has 0 unspecified atom stereocenters. The molecule has 142 valence electrons. The van der Waals surface area contributed by atoms with Gasteiger partial charge in [-0.05, 0) is 36.4 Å². The summed E-state index contributed by atoms with van der Waals surface area (Å²) in [6, 6.07) is 8.93. The molecule has 0 bridgehead atoms. The van der Waals surface area contributed by atoms with Gasteiger partial charge in [0.05, 0.1) is 20.4 Å². The van der Waals surface area contributed by atoms with Crippen molar-refractivity contribution in [3.8, 4) is 23.0 Å². The number of phenolic OH excluding ortho intramolecular Hbond substituents is 1. The molecule has 27 heavy (non-hydrogen) atoms. The molecule has 0 radical (unpaired) electrons. The first-order chi connectivity index (χ1) is 12.9. The van der Waals surface area contributed by atoms with Crippen LogP contribution in [0.4, 0.5) is 0 Å². The number of rotatable bonds is 8. The Balaban J connectivity index is 2.15. The number of ether oxygens (including phenoxy) is 3. The first-order valence-electron chi connectivity index (χ1n) is 7.74. The highest BCUT2D eigenvalue weighted by molar-refractivity contribution is 5.95. The molecular formula is C18H19N3O6. The van der Waals surface area contributed by atoms with Gasteiger partial charge < -0.3 is 25.1 Å². The van der Waals surface area contributed by atoms with E-state index in [1.807, 2.05) is 0 Å². The molecule has 2 amide bonds. The molecule has 9 heteroatoms. The lowest BCUT2D eigenvalue weighted by molar-refractivity contribution is -0.120. The molecule has 0 aliphatic heterocycles. The Morgan fingerprint density at radius 3 is 2.26 bits per heavy atom. The van der Waals surface area contributed by atoms with Gasteiger partial charge >= 0.3 is 0 Å². The molecule has 0 heterocycles. The van der Waals surface area contributed by atoms with E-state index < -0.39 is 11.8 Å². The van der Waals surface area contributed by atoms with Crippen LogP contribution in [0.25, 0.3) is 0 Å². The van der Waals surface area contributed by atoms with E-state index in [4.69, 9.17) is 19.9 Å². The fraction of sp³-hybridized carbons (Fsp3) is 0.167. The molecule has 0 aromatic heterocycles. The first-order valence-corrected chi connectivity index (χ1v) is 7.74. The smallest absolute Gasteiger partial charge is 0.271 e. The number of primary amides is 1. The monoisotopic (exact) mass is 373 g/mol. The molecule has 9 nitrogen and oxygen atoms in total. The molecule has 2 rings (SSSR count). The summed E-state index contributed by atoms with van der Waals surface area (Å²) in [6.45, 7) is -0.331. The number of nitrogens with zero attached hydrogens (tertiary/aromatic N) is 1. The van der Waals surface area contributed by atoms with Crippen LogP contribution in [0.5, 0.6) is 23.0 Å². The van der Waals surface area contributed by atoms with Gasteiger partial charge in [-0.2, -0.15) is 5.10 Å². The van der Waals surface area contributed by atoms with E-state index >= 15 is 0 Å². The molecule has 0 saturated heterocycles. The van der Waals surface area contributed by atoms with Crippen molar-refractivity contribution in [3.05, 3.63) is 47.5 Å². The van der Waals surface area contributed by atoms with Crippen LogP contribution in [-0.2, 0) is 4.79 Å². The molecule has 4 N–H and O–H groups in total. The highest BCUT2D eigenvalue weighted by atomic mass is 16.5. The average Bonchev–Trinajstić information content (AvgIpc) is 2.66. The van der Waals surface area contributed by atoms with E-state index in [1.54, 1.807) is 12.1 Å². The predicted octanol–water partition coefficient (Wildman–Crippen LogP) is 1.04. The van der Waals surface area contributed by atoms with Gasteiger partial charge in [-0.25, -0.2) is 5.43 Å². The number of nitrogens with two attached hydrogens (primary N) is 1. The van der Waals surface area contributed by atoms with Crippen LogP contribution in [-0.4, -0.2) is 44.0 Å². The van der Waals surface area contributed by atoms with Crippen LogP contribution in [0.1, 0.15) is 15.9 Å². The highest BCUT2D eigenvalue weighted by Crippen LogP contribution is 2.38. The first kappa shape index (κ1) is 19.6. The SMILES string of the molecule is COc1cc(/C=N\NC(=O)c2ccc(O)cc2)cc(OC)c1OCC(N)=O. The summed E-state index contributed by atoms with van der Waals surface area (Å²) in [7, 11) is 2.86. The van der Waals surface area contributed by atoms with Gasteiger partial charge in [0.25, 0.3) is 11.8 Å². The van der Waals surface area contributed by atoms with Crippen molar-refractivity contribution in [3.63, 3.8) is 0 Å². The number of amides is 2. The van der Waals surface area contributed by atoms with Crippen LogP contribution < -0.4 is 25.4 Å². The fourth-order valence-corrected chi connectivity index (χ4v) is 2.10. The van der Waals surface area contributed by atoms with Crippen molar-refractivity contribution >= 4 is 18.0 Å². The average molecular weight is 373 g/mol. The van der Waals surface area contributed by atoms with Crippen molar-refractivity contribution in [2.75, 3.05) is 20.8 Å². The summed E-state index contributed by atoms with van der Waals surface area (Å²) >= 11 is 0. The second-order valence-corrected chi connectivity index (χ2v) is 5.26. The molecule has 0 aliphatic carbocycles. The van der Waals surface area contributed by atoms with Crippen LogP contribution in [0.3, 0.4) is 0 Å². The maximum atomic E-state index is 12.0. The topological polar surface area (TPSA) is 132 Å². The Hall–Kier alpha value is -3.75. The van der Waals surface area contributed by atoms with Crippen LogP contribution >= 0.6 is 0 Å². The second kappa shape index (κ2) is 9.09. The van der Waals surface area contributed by atoms with Crippen LogP contribution in [0.15, 0.2) is 41.5 Å². The van der Waals surface area contributed by atoms with Crippen molar-refractivity contribution in [2.24, 2.45) is 10.8 Å². The van der Waals surface area contributed by atoms with E-state index in [0.29, 0.717) is 22.6 Å². The summed E-state index contributed by atoms with van der Waals surface area (Å²) < 4.78 is 15.8. The van der Waals surface area contributed by atoms with Crippen molar-refractivity contribution in [2.45, 2.75) is 0 Å². The summed E-state index contributed by atoms with van der Waals surface area (Å²) in [6.07, 6.45) is 1.39. The Morgan fingerprint density at radius 1 is 1.15 bits per heavy atom. The molecule has 0 fully saturated rings. The largest absolute Gasteiger partial charge is 0.508 e. The number of aromatic hydroxyl groups is 1. The zero-order valence-corrected chi connectivity index (χ0v) is 14.8. The molecule has 0 spiro atoms. The van der Waals surface area contributed by atoms with Gasteiger partial charge in [-0.3, -0.25) is 9.59 Å². The number of carbonyl (C=O) groups excluding carboxylic acids is 2. The summed E-state index contributed by atoms with van der Waals surface area (Å²) in [5.41, 5.74) is 8.35. The molecule has 2 aromatic carbocycles. The van der Waals surface area contributed by atoms with Gasteiger partial charge in [-0.15, -0.1) is 0 Å². The van der Waals surface area contributed by atoms with Crippen molar-refractivity contribution in [1.82, 2.24) is 5.43 Å². The van der Waals surface area contributed by atoms with Gasteiger partial charge in [-0.1, -0.05) is 0 Å². The van der Waals surface area contributed by atoms with Gasteiger partial charge in [0.15, 0.2) is 18.1 Å². The molecular weight excluding hydrogens is 354 g/mol. The minimum Gasteiger partial charge on any atom is -0.508 e. The standard InChI is InChI=1S/C18H19N3O6/c1-25-14-7-11(8-15(26-2)17(14)27-10-16(19)23)9-20-21-18(24)12-3-5-13(22)6-4-12/h3-9,22H,10H2,1-2H3,(H2,19,23)(H,21,24)/b20-9-. The van der Waals surface area contributed by atoms with E-state index in [0.717, 1.165) is 0 Å². The van der Waals surface area contributed by atoms with E-state index in [9.17, 15) is 14.7 Å². The number of hydrogen-bond donors (Lipinski definition) is 3. The molecule has 0 saturated carbocycles. The number of hydrogen-bond acceptors (Lipinski definition) is 7. The summed E-state index contributed by atoms with van der Waals surface area (Å²) in [5.74, 6) is -0.172. The van der Waals surface area contributed by atoms with Crippen molar-refractivity contribution in [1.29, 1.82) is 0 Å². The van der Waals surface area contributed by atoms with Crippen LogP contribution in [0, 0.1) is 0 Å². The summed E-state index contributed by atoms with van der Waals surface area (Å²) in [5, 5.41) is 13.1. The minimum absolute atomic E-state index is 0.0629. The predicted molar refractivity (Wildman–Crippen MR) is 97.4 cm³/mol. The number of nitrogens with one attached hydrogen (secondary N) is 1. The fourth-order valence-electron chi connectivity index (χ4n) is 2.10. The lowest BCUT2D eigenvalue weighted by atomic mass is 10.2. The Labute approximate surface area is 155 Å². The minimum atomic E-state index is -0.637. The quantitative estimate of drug-likeness (QED) is 0.468. The maximum absolute atomic E-state index is 12.0. The van der Waals surface area contributed by atoms with Gasteiger partial charge in [0.2, 0.25) is 5.75 Å². The molecule has 0 aliphatic rings. The Kier molecular flexibility index (Phi) is 6.59. The van der Waals surface area contributed by atoms with Gasteiger partial charge in [0, 0.05) is 11.1 Å². The normalized spacial score (nSPS) is 10.4. The number of carbonyl (C=O) groups is 2. The van der Waals surface area contributed by atoms with Gasteiger partial charge in [0.1, 0.15) is 5.75 Å². The van der Waals surface area contributed by atoms with E-state index in [2.05, 4.69) is 10.5 Å². The lowest BCUT2D eigenvalue weighted by Gasteiger charge is -2.14. The number of benzene rings is 2. The molecule has 0 atom stereocenters. The van der Waals surface area contributed by atoms with E-state index in [-0.39, 0.29) is 18.1 Å². The maximum Gasteiger partial charge on any atom is 0.271 e. The summed E-state index contributed by atoms with van der Waals surface area (Å²) in [4.78, 5) is 22.9. The third-order valence-corrected chi connectivity index (χ3v) is 3.35. The lowest BCUT2D eigenvalue weighted by Crippen LogP contribution is -2.20. The third kappa shape index (κ3) is 5.36. The zero-order valence-electron chi connectivity index (χ0n) is 14.8. The molecule has 2 aromatic rings. The third-order valence-electron chi connectivity index (χ3n) is 3.35. The number of phenols is 1. The zero-order chi connectivity index (χ0) is 19.8. The van der Waals surface area contributed by atoms with E-state index in [1.165, 1.54) is 44.7 Å². The Morgan fingerprint density at radius 2 is 1.74 bits per heavy atom. The number of hydrazone groups is 1. The van der Waals surface area contributed by atoms with Crippen molar-refractivity contribution < 1.29 is 28.9 Å². The second-order valence-electron chi connectivity index (χ2n) is 5.26. The van der Waals surface area contributed by atoms with Crippen LogP contribution in [0.2, 0.25) is 0 Å². The highest BCUT2D eigenvalue weighted by Gasteiger charge is 2.14. The number of methoxy groups -OCH3 is 2.